The molecule has 0 aromatic heterocycles. The second-order valence-electron chi connectivity index (χ2n) is 4.63. The van der Waals surface area contributed by atoms with E-state index in [-0.39, 0.29) is 29.4 Å². The summed E-state index contributed by atoms with van der Waals surface area (Å²) in [5, 5.41) is 15.8. The SMILES string of the molecule is CCOC(=O)C1=C(CCl)NC(=O)N[C@@H]1c1ccc([N+](=O)[O-])cc1. The van der Waals surface area contributed by atoms with E-state index in [0.29, 0.717) is 5.56 Å². The summed E-state index contributed by atoms with van der Waals surface area (Å²) >= 11 is 5.81. The van der Waals surface area contributed by atoms with Crippen LogP contribution >= 0.6 is 11.6 Å². The zero-order valence-electron chi connectivity index (χ0n) is 12.2. The minimum Gasteiger partial charge on any atom is -0.463 e. The van der Waals surface area contributed by atoms with Gasteiger partial charge in [-0.3, -0.25) is 10.1 Å². The van der Waals surface area contributed by atoms with Gasteiger partial charge in [-0.2, -0.15) is 0 Å². The molecule has 1 aromatic rings. The summed E-state index contributed by atoms with van der Waals surface area (Å²) < 4.78 is 5.01. The smallest absolute Gasteiger partial charge is 0.338 e. The van der Waals surface area contributed by atoms with Crippen molar-refractivity contribution in [1.82, 2.24) is 10.6 Å². The van der Waals surface area contributed by atoms with Gasteiger partial charge in [-0.15, -0.1) is 11.6 Å². The van der Waals surface area contributed by atoms with Crippen molar-refractivity contribution in [3.8, 4) is 0 Å². The number of allylic oxidation sites excluding steroid dienone is 1. The van der Waals surface area contributed by atoms with Crippen molar-refractivity contribution in [2.45, 2.75) is 13.0 Å². The number of carbonyl (C=O) groups is 2. The highest BCUT2D eigenvalue weighted by Gasteiger charge is 2.33. The highest BCUT2D eigenvalue weighted by Crippen LogP contribution is 2.29. The maximum absolute atomic E-state index is 12.2. The summed E-state index contributed by atoms with van der Waals surface area (Å²) in [6.45, 7) is 1.83. The molecule has 0 bridgehead atoms. The second-order valence-corrected chi connectivity index (χ2v) is 4.89. The van der Waals surface area contributed by atoms with Crippen LogP contribution in [0, 0.1) is 10.1 Å². The van der Waals surface area contributed by atoms with Gasteiger partial charge in [0.25, 0.3) is 5.69 Å². The Morgan fingerprint density at radius 2 is 2.04 bits per heavy atom. The number of hydrogen-bond acceptors (Lipinski definition) is 5. The summed E-state index contributed by atoms with van der Waals surface area (Å²) in [5.41, 5.74) is 0.844. The zero-order valence-corrected chi connectivity index (χ0v) is 12.9. The van der Waals surface area contributed by atoms with E-state index in [9.17, 15) is 19.7 Å². The lowest BCUT2D eigenvalue weighted by molar-refractivity contribution is -0.384. The van der Waals surface area contributed by atoms with E-state index in [1.165, 1.54) is 24.3 Å². The van der Waals surface area contributed by atoms with Gasteiger partial charge in [-0.1, -0.05) is 0 Å². The number of carbonyl (C=O) groups excluding carboxylic acids is 2. The van der Waals surface area contributed by atoms with E-state index < -0.39 is 23.0 Å². The molecule has 2 N–H and O–H groups in total. The molecular weight excluding hydrogens is 326 g/mol. The molecule has 1 aliphatic rings. The number of amides is 2. The van der Waals surface area contributed by atoms with E-state index in [2.05, 4.69) is 10.6 Å². The maximum atomic E-state index is 12.2. The van der Waals surface area contributed by atoms with Gasteiger partial charge in [-0.25, -0.2) is 9.59 Å². The number of rotatable bonds is 5. The lowest BCUT2D eigenvalue weighted by Gasteiger charge is -2.28. The number of esters is 1. The molecule has 2 amide bonds. The number of nitrogens with one attached hydrogen (secondary N) is 2. The van der Waals surface area contributed by atoms with Crippen molar-refractivity contribution in [2.75, 3.05) is 12.5 Å². The number of nitrogens with zero attached hydrogens (tertiary/aromatic N) is 1. The predicted molar refractivity (Wildman–Crippen MR) is 81.9 cm³/mol. The van der Waals surface area contributed by atoms with Crippen molar-refractivity contribution >= 4 is 29.3 Å². The van der Waals surface area contributed by atoms with E-state index in [1.54, 1.807) is 6.92 Å². The minimum absolute atomic E-state index is 0.0783. The van der Waals surface area contributed by atoms with Gasteiger partial charge in [0.1, 0.15) is 0 Å². The third-order valence-electron chi connectivity index (χ3n) is 3.22. The van der Waals surface area contributed by atoms with Crippen LogP contribution in [0.5, 0.6) is 0 Å². The number of urea groups is 1. The quantitative estimate of drug-likeness (QED) is 0.369. The molecule has 1 heterocycles. The van der Waals surface area contributed by atoms with Crippen molar-refractivity contribution in [1.29, 1.82) is 0 Å². The van der Waals surface area contributed by atoms with Gasteiger partial charge in [0.05, 0.1) is 29.0 Å². The molecule has 0 saturated carbocycles. The van der Waals surface area contributed by atoms with Crippen LogP contribution in [0.1, 0.15) is 18.5 Å². The summed E-state index contributed by atoms with van der Waals surface area (Å²) in [5.74, 6) is -0.690. The number of halogens is 1. The normalized spacial score (nSPS) is 17.3. The number of ether oxygens (including phenoxy) is 1. The fraction of sp³-hybridized carbons (Fsp3) is 0.286. The summed E-state index contributed by atoms with van der Waals surface area (Å²) in [6.07, 6.45) is 0. The molecule has 23 heavy (non-hydrogen) atoms. The first kappa shape index (κ1) is 16.8. The molecule has 0 aliphatic carbocycles. The van der Waals surface area contributed by atoms with Crippen LogP contribution in [0.2, 0.25) is 0 Å². The van der Waals surface area contributed by atoms with Crippen molar-refractivity contribution in [3.63, 3.8) is 0 Å². The lowest BCUT2D eigenvalue weighted by atomic mass is 9.95. The largest absolute Gasteiger partial charge is 0.463 e. The second kappa shape index (κ2) is 7.10. The van der Waals surface area contributed by atoms with Crippen molar-refractivity contribution in [3.05, 3.63) is 51.2 Å². The van der Waals surface area contributed by atoms with Crippen LogP contribution in [0.4, 0.5) is 10.5 Å². The Balaban J connectivity index is 2.45. The molecule has 8 nitrogen and oxygen atoms in total. The monoisotopic (exact) mass is 339 g/mol. The Labute approximate surface area is 136 Å². The Morgan fingerprint density at radius 3 is 2.57 bits per heavy atom. The number of nitro groups is 1. The third-order valence-corrected chi connectivity index (χ3v) is 3.49. The van der Waals surface area contributed by atoms with Gasteiger partial charge in [-0.05, 0) is 24.6 Å². The van der Waals surface area contributed by atoms with E-state index in [0.717, 1.165) is 0 Å². The average Bonchev–Trinajstić information content (AvgIpc) is 2.54. The number of alkyl halides is 1. The highest BCUT2D eigenvalue weighted by atomic mass is 35.5. The first-order valence-electron chi connectivity index (χ1n) is 6.76. The summed E-state index contributed by atoms with van der Waals surface area (Å²) in [7, 11) is 0. The highest BCUT2D eigenvalue weighted by molar-refractivity contribution is 6.20. The molecule has 1 aromatic carbocycles. The number of nitro benzene ring substituents is 1. The van der Waals surface area contributed by atoms with Crippen LogP contribution in [-0.2, 0) is 9.53 Å². The van der Waals surface area contributed by atoms with Crippen molar-refractivity contribution in [2.24, 2.45) is 0 Å². The number of non-ortho nitro benzene ring substituents is 1. The topological polar surface area (TPSA) is 111 Å². The van der Waals surface area contributed by atoms with Gasteiger partial charge in [0, 0.05) is 17.8 Å². The molecule has 0 unspecified atom stereocenters. The number of benzene rings is 1. The molecule has 1 atom stereocenters. The Bertz CT molecular complexity index is 671. The van der Waals surface area contributed by atoms with Crippen LogP contribution in [0.25, 0.3) is 0 Å². The molecule has 0 spiro atoms. The van der Waals surface area contributed by atoms with Crippen LogP contribution < -0.4 is 10.6 Å². The van der Waals surface area contributed by atoms with Crippen LogP contribution in [0.3, 0.4) is 0 Å². The van der Waals surface area contributed by atoms with E-state index >= 15 is 0 Å². The molecule has 2 rings (SSSR count). The Morgan fingerprint density at radius 1 is 1.39 bits per heavy atom. The predicted octanol–water partition coefficient (Wildman–Crippen LogP) is 2.00. The fourth-order valence-electron chi connectivity index (χ4n) is 2.21. The first-order valence-corrected chi connectivity index (χ1v) is 7.29. The standard InChI is InChI=1S/C14H14ClN3O5/c1-2-23-13(19)11-10(7-15)16-14(20)17-12(11)8-3-5-9(6-4-8)18(21)22/h3-6,12H,2,7H2,1H3,(H2,16,17,20)/t12-/m1/s1. The zero-order chi connectivity index (χ0) is 17.0. The minimum atomic E-state index is -0.794. The molecule has 0 saturated heterocycles. The molecular formula is C14H14ClN3O5. The third kappa shape index (κ3) is 3.59. The molecule has 9 heteroatoms. The van der Waals surface area contributed by atoms with Gasteiger partial charge in [0.2, 0.25) is 0 Å². The van der Waals surface area contributed by atoms with E-state index in [4.69, 9.17) is 16.3 Å². The van der Waals surface area contributed by atoms with Gasteiger partial charge >= 0.3 is 12.0 Å². The van der Waals surface area contributed by atoms with Crippen molar-refractivity contribution < 1.29 is 19.2 Å². The summed E-state index contributed by atoms with van der Waals surface area (Å²) in [4.78, 5) is 34.1. The van der Waals surface area contributed by atoms with Gasteiger partial charge in [0.15, 0.2) is 0 Å². The average molecular weight is 340 g/mol. The molecule has 122 valence electrons. The molecule has 1 aliphatic heterocycles. The maximum Gasteiger partial charge on any atom is 0.338 e. The van der Waals surface area contributed by atoms with Crippen LogP contribution in [0.15, 0.2) is 35.5 Å². The number of hydrogen-bond donors (Lipinski definition) is 2. The fourth-order valence-corrected chi connectivity index (χ4v) is 2.42. The Hall–Kier alpha value is -2.61. The van der Waals surface area contributed by atoms with E-state index in [1.807, 2.05) is 0 Å². The summed E-state index contributed by atoms with van der Waals surface area (Å²) in [6, 6.07) is 4.23. The van der Waals surface area contributed by atoms with Gasteiger partial charge < -0.3 is 15.4 Å². The molecule has 0 radical (unpaired) electrons. The Kier molecular flexibility index (Phi) is 5.17. The van der Waals surface area contributed by atoms with Crippen LogP contribution in [-0.4, -0.2) is 29.4 Å². The first-order chi connectivity index (χ1) is 11.0. The molecule has 0 fully saturated rings. The lowest BCUT2D eigenvalue weighted by Crippen LogP contribution is -2.46.